The van der Waals surface area contributed by atoms with Crippen molar-refractivity contribution in [2.24, 2.45) is 0 Å². The van der Waals surface area contributed by atoms with Gasteiger partial charge in [-0.05, 0) is 25.5 Å². The largest absolute Gasteiger partial charge is 0.355 e. The van der Waals surface area contributed by atoms with Crippen molar-refractivity contribution in [2.75, 3.05) is 6.54 Å². The van der Waals surface area contributed by atoms with Crippen LogP contribution in [0.4, 0.5) is 0 Å². The van der Waals surface area contributed by atoms with Crippen molar-refractivity contribution in [1.82, 2.24) is 20.4 Å². The van der Waals surface area contributed by atoms with Gasteiger partial charge in [-0.15, -0.1) is 0 Å². The summed E-state index contributed by atoms with van der Waals surface area (Å²) >= 11 is 0. The molecule has 1 heterocycles. The molecule has 1 atom stereocenters. The van der Waals surface area contributed by atoms with E-state index in [4.69, 9.17) is 0 Å². The van der Waals surface area contributed by atoms with Gasteiger partial charge in [0.15, 0.2) is 0 Å². The summed E-state index contributed by atoms with van der Waals surface area (Å²) in [5.74, 6) is -0.514. The summed E-state index contributed by atoms with van der Waals surface area (Å²) in [6.07, 6.45) is 6.64. The fraction of sp³-hybridized carbons (Fsp3) is 0.278. The van der Waals surface area contributed by atoms with Crippen LogP contribution in [-0.2, 0) is 16.1 Å². The maximum atomic E-state index is 11.8. The Balaban J connectivity index is 1.88. The number of aromatic nitrogens is 2. The number of nitrogens with one attached hydrogen (secondary N) is 2. The molecule has 0 aliphatic rings. The van der Waals surface area contributed by atoms with E-state index in [-0.39, 0.29) is 11.8 Å². The van der Waals surface area contributed by atoms with Crippen LogP contribution in [0.15, 0.2) is 48.8 Å². The number of amides is 2. The third-order valence-electron chi connectivity index (χ3n) is 3.37. The Kier molecular flexibility index (Phi) is 6.31. The van der Waals surface area contributed by atoms with Crippen LogP contribution in [0.2, 0.25) is 0 Å². The highest BCUT2D eigenvalue weighted by Crippen LogP contribution is 2.05. The van der Waals surface area contributed by atoms with Gasteiger partial charge in [0.05, 0.1) is 12.7 Å². The van der Waals surface area contributed by atoms with E-state index in [0.717, 1.165) is 11.1 Å². The van der Waals surface area contributed by atoms with Crippen LogP contribution in [0, 0.1) is 0 Å². The highest BCUT2D eigenvalue weighted by Gasteiger charge is 2.12. The second-order valence-electron chi connectivity index (χ2n) is 5.42. The van der Waals surface area contributed by atoms with Crippen molar-refractivity contribution in [3.05, 3.63) is 59.9 Å². The monoisotopic (exact) mass is 326 g/mol. The summed E-state index contributed by atoms with van der Waals surface area (Å²) in [6.45, 7) is 4.69. The van der Waals surface area contributed by atoms with Crippen molar-refractivity contribution in [3.63, 3.8) is 0 Å². The molecule has 1 aromatic carbocycles. The molecule has 2 amide bonds. The van der Waals surface area contributed by atoms with Crippen molar-refractivity contribution in [1.29, 1.82) is 0 Å². The second-order valence-corrected chi connectivity index (χ2v) is 5.42. The van der Waals surface area contributed by atoms with Gasteiger partial charge in [0.1, 0.15) is 6.04 Å². The minimum absolute atomic E-state index is 0.199. The fourth-order valence-electron chi connectivity index (χ4n) is 2.15. The normalized spacial score (nSPS) is 12.1. The predicted octanol–water partition coefficient (Wildman–Crippen LogP) is 1.59. The molecule has 6 nitrogen and oxygen atoms in total. The number of rotatable bonds is 7. The molecule has 126 valence electrons. The first-order chi connectivity index (χ1) is 11.6. The average Bonchev–Trinajstić information content (AvgIpc) is 3.01. The predicted molar refractivity (Wildman–Crippen MR) is 93.1 cm³/mol. The summed E-state index contributed by atoms with van der Waals surface area (Å²) in [4.78, 5) is 23.4. The molecule has 2 rings (SSSR count). The molecule has 1 aromatic heterocycles. The zero-order valence-corrected chi connectivity index (χ0v) is 13.9. The maximum Gasteiger partial charge on any atom is 0.244 e. The molecule has 24 heavy (non-hydrogen) atoms. The topological polar surface area (TPSA) is 76.0 Å². The number of carbonyl (C=O) groups excluding carboxylic acids is 2. The SMILES string of the molecule is CCNC(=O)[C@H](C)NC(=O)/C=C/c1cnn(Cc2ccccc2)c1. The number of hydrogen-bond acceptors (Lipinski definition) is 3. The van der Waals surface area contributed by atoms with Crippen molar-refractivity contribution < 1.29 is 9.59 Å². The van der Waals surface area contributed by atoms with E-state index in [0.29, 0.717) is 13.1 Å². The number of likely N-dealkylation sites (N-methyl/N-ethyl adjacent to an activating group) is 1. The van der Waals surface area contributed by atoms with Gasteiger partial charge in [0, 0.05) is 24.4 Å². The van der Waals surface area contributed by atoms with Gasteiger partial charge in [-0.3, -0.25) is 14.3 Å². The highest BCUT2D eigenvalue weighted by atomic mass is 16.2. The van der Waals surface area contributed by atoms with E-state index in [1.54, 1.807) is 19.2 Å². The lowest BCUT2D eigenvalue weighted by Crippen LogP contribution is -2.44. The number of benzene rings is 1. The average molecular weight is 326 g/mol. The molecule has 0 saturated carbocycles. The van der Waals surface area contributed by atoms with Gasteiger partial charge in [-0.2, -0.15) is 5.10 Å². The quantitative estimate of drug-likeness (QED) is 0.759. The lowest BCUT2D eigenvalue weighted by atomic mass is 10.2. The Morgan fingerprint density at radius 2 is 2.04 bits per heavy atom. The minimum Gasteiger partial charge on any atom is -0.355 e. The Labute approximate surface area is 141 Å². The second kappa shape index (κ2) is 8.67. The fourth-order valence-corrected chi connectivity index (χ4v) is 2.15. The van der Waals surface area contributed by atoms with Crippen LogP contribution >= 0.6 is 0 Å². The van der Waals surface area contributed by atoms with Crippen LogP contribution in [0.25, 0.3) is 6.08 Å². The van der Waals surface area contributed by atoms with E-state index in [1.165, 1.54) is 6.08 Å². The third-order valence-corrected chi connectivity index (χ3v) is 3.37. The zero-order chi connectivity index (χ0) is 17.4. The first-order valence-electron chi connectivity index (χ1n) is 7.91. The molecular weight excluding hydrogens is 304 g/mol. The molecule has 0 spiro atoms. The van der Waals surface area contributed by atoms with Crippen LogP contribution in [0.3, 0.4) is 0 Å². The zero-order valence-electron chi connectivity index (χ0n) is 13.9. The maximum absolute atomic E-state index is 11.8. The molecule has 0 radical (unpaired) electrons. The number of carbonyl (C=O) groups is 2. The van der Waals surface area contributed by atoms with E-state index in [2.05, 4.69) is 15.7 Å². The first-order valence-corrected chi connectivity index (χ1v) is 7.91. The van der Waals surface area contributed by atoms with Crippen LogP contribution in [0.5, 0.6) is 0 Å². The van der Waals surface area contributed by atoms with Crippen LogP contribution in [-0.4, -0.2) is 34.2 Å². The van der Waals surface area contributed by atoms with E-state index < -0.39 is 6.04 Å². The van der Waals surface area contributed by atoms with Gasteiger partial charge in [-0.1, -0.05) is 30.3 Å². The summed E-state index contributed by atoms with van der Waals surface area (Å²) in [6, 6.07) is 9.45. The Morgan fingerprint density at radius 3 is 2.75 bits per heavy atom. The van der Waals surface area contributed by atoms with Crippen molar-refractivity contribution in [2.45, 2.75) is 26.4 Å². The number of nitrogens with zero attached hydrogens (tertiary/aromatic N) is 2. The lowest BCUT2D eigenvalue weighted by molar-refractivity contribution is -0.126. The van der Waals surface area contributed by atoms with Gasteiger partial charge >= 0.3 is 0 Å². The van der Waals surface area contributed by atoms with E-state index >= 15 is 0 Å². The first kappa shape index (κ1) is 17.5. The Morgan fingerprint density at radius 1 is 1.29 bits per heavy atom. The standard InChI is InChI=1S/C18H22N4O2/c1-3-19-18(24)14(2)21-17(23)10-9-16-11-20-22(13-16)12-15-7-5-4-6-8-15/h4-11,13-14H,3,12H2,1-2H3,(H,19,24)(H,21,23)/b10-9+/t14-/m0/s1. The lowest BCUT2D eigenvalue weighted by Gasteiger charge is -2.11. The molecule has 0 fully saturated rings. The van der Waals surface area contributed by atoms with Crippen LogP contribution in [0.1, 0.15) is 25.0 Å². The molecule has 6 heteroatoms. The summed E-state index contributed by atoms with van der Waals surface area (Å²) in [5.41, 5.74) is 1.98. The smallest absolute Gasteiger partial charge is 0.244 e. The molecule has 0 bridgehead atoms. The summed E-state index contributed by atoms with van der Waals surface area (Å²) in [5, 5.41) is 9.55. The highest BCUT2D eigenvalue weighted by molar-refractivity contribution is 5.95. The van der Waals surface area contributed by atoms with Crippen molar-refractivity contribution in [3.8, 4) is 0 Å². The third kappa shape index (κ3) is 5.39. The number of hydrogen-bond donors (Lipinski definition) is 2. The summed E-state index contributed by atoms with van der Waals surface area (Å²) in [7, 11) is 0. The molecule has 2 aromatic rings. The molecular formula is C18H22N4O2. The molecule has 0 saturated heterocycles. The molecule has 0 unspecified atom stereocenters. The molecule has 2 N–H and O–H groups in total. The van der Waals surface area contributed by atoms with E-state index in [1.807, 2.05) is 48.1 Å². The summed E-state index contributed by atoms with van der Waals surface area (Å²) < 4.78 is 1.81. The van der Waals surface area contributed by atoms with Gasteiger partial charge < -0.3 is 10.6 Å². The van der Waals surface area contributed by atoms with Gasteiger partial charge in [-0.25, -0.2) is 0 Å². The van der Waals surface area contributed by atoms with Gasteiger partial charge in [0.2, 0.25) is 11.8 Å². The van der Waals surface area contributed by atoms with Crippen molar-refractivity contribution >= 4 is 17.9 Å². The Hall–Kier alpha value is -2.89. The van der Waals surface area contributed by atoms with E-state index in [9.17, 15) is 9.59 Å². The molecule has 0 aliphatic carbocycles. The Bertz CT molecular complexity index is 707. The van der Waals surface area contributed by atoms with Gasteiger partial charge in [0.25, 0.3) is 0 Å². The molecule has 0 aliphatic heterocycles. The van der Waals surface area contributed by atoms with Crippen LogP contribution < -0.4 is 10.6 Å². The minimum atomic E-state index is -0.567.